The van der Waals surface area contributed by atoms with Gasteiger partial charge in [0, 0.05) is 6.20 Å². The van der Waals surface area contributed by atoms with E-state index in [1.165, 1.54) is 10.6 Å². The van der Waals surface area contributed by atoms with Crippen molar-refractivity contribution >= 4 is 17.5 Å². The topological polar surface area (TPSA) is 92.9 Å². The van der Waals surface area contributed by atoms with Gasteiger partial charge in [-0.25, -0.2) is 9.78 Å². The number of hydrogen-bond donors (Lipinski definition) is 2. The second-order valence-corrected chi connectivity index (χ2v) is 5.96. The summed E-state index contributed by atoms with van der Waals surface area (Å²) in [5.41, 5.74) is 0.983. The maximum absolute atomic E-state index is 12.5. The lowest BCUT2D eigenvalue weighted by Crippen LogP contribution is -2.38. The number of amides is 1. The lowest BCUT2D eigenvalue weighted by molar-refractivity contribution is 0.0518. The minimum atomic E-state index is -0.490. The number of nitrogens with one attached hydrogen (secondary N) is 1. The van der Waals surface area contributed by atoms with E-state index in [0.717, 1.165) is 0 Å². The summed E-state index contributed by atoms with van der Waals surface area (Å²) in [6.45, 7) is 5.91. The van der Waals surface area contributed by atoms with Crippen molar-refractivity contribution < 1.29 is 19.4 Å². The van der Waals surface area contributed by atoms with Crippen molar-refractivity contribution in [3.8, 4) is 0 Å². The monoisotopic (exact) mass is 333 g/mol. The van der Waals surface area contributed by atoms with Crippen LogP contribution in [0.2, 0.25) is 0 Å². The van der Waals surface area contributed by atoms with E-state index in [0.29, 0.717) is 23.5 Å². The van der Waals surface area contributed by atoms with Crippen molar-refractivity contribution in [1.82, 2.24) is 14.7 Å². The van der Waals surface area contributed by atoms with E-state index >= 15 is 0 Å². The summed E-state index contributed by atoms with van der Waals surface area (Å²) >= 11 is 0. The van der Waals surface area contributed by atoms with Crippen molar-refractivity contribution in [2.45, 2.75) is 33.2 Å². The van der Waals surface area contributed by atoms with Crippen LogP contribution in [0.3, 0.4) is 0 Å². The molecule has 0 aliphatic heterocycles. The summed E-state index contributed by atoms with van der Waals surface area (Å²) in [7, 11) is 0. The number of imidazole rings is 1. The predicted octanol–water partition coefficient (Wildman–Crippen LogP) is 1.65. The van der Waals surface area contributed by atoms with Gasteiger partial charge in [0.2, 0.25) is 0 Å². The lowest BCUT2D eigenvalue weighted by atomic mass is 10.0. The zero-order valence-corrected chi connectivity index (χ0v) is 14.2. The average molecular weight is 333 g/mol. The molecule has 0 aliphatic carbocycles. The molecule has 0 spiro atoms. The number of ether oxygens (including phenoxy) is 1. The number of nitrogens with zero attached hydrogens (tertiary/aromatic N) is 2. The van der Waals surface area contributed by atoms with E-state index in [2.05, 4.69) is 10.3 Å². The Balaban J connectivity index is 2.29. The first-order valence-corrected chi connectivity index (χ1v) is 8.02. The molecule has 0 saturated carbocycles. The Kier molecular flexibility index (Phi) is 5.92. The van der Waals surface area contributed by atoms with Crippen molar-refractivity contribution in [3.63, 3.8) is 0 Å². The number of esters is 1. The normalized spacial score (nSPS) is 12.4. The molecule has 2 heterocycles. The lowest BCUT2D eigenvalue weighted by Gasteiger charge is -2.18. The third kappa shape index (κ3) is 3.91. The zero-order chi connectivity index (χ0) is 17.7. The number of carbonyl (C=O) groups is 2. The summed E-state index contributed by atoms with van der Waals surface area (Å²) < 4.78 is 6.52. The SMILES string of the molecule is CCOC(=O)c1cnc2c(C(=O)N[C@H](CO)CC(C)C)cccn12. The third-order valence-corrected chi connectivity index (χ3v) is 3.58. The van der Waals surface area contributed by atoms with Gasteiger partial charge in [-0.1, -0.05) is 13.8 Å². The first kappa shape index (κ1) is 17.9. The third-order valence-electron chi connectivity index (χ3n) is 3.58. The Morgan fingerprint density at radius 2 is 2.17 bits per heavy atom. The number of rotatable bonds is 7. The maximum atomic E-state index is 12.5. The van der Waals surface area contributed by atoms with E-state index in [4.69, 9.17) is 4.74 Å². The van der Waals surface area contributed by atoms with Crippen LogP contribution in [-0.4, -0.2) is 45.6 Å². The minimum Gasteiger partial charge on any atom is -0.461 e. The Labute approximate surface area is 140 Å². The van der Waals surface area contributed by atoms with Crippen LogP contribution in [0.5, 0.6) is 0 Å². The highest BCUT2D eigenvalue weighted by molar-refractivity contribution is 6.00. The fourth-order valence-corrected chi connectivity index (χ4v) is 2.56. The molecule has 7 nitrogen and oxygen atoms in total. The highest BCUT2D eigenvalue weighted by Crippen LogP contribution is 2.14. The Morgan fingerprint density at radius 1 is 1.42 bits per heavy atom. The van der Waals surface area contributed by atoms with Crippen LogP contribution in [0.25, 0.3) is 5.65 Å². The molecule has 1 amide bonds. The fraction of sp³-hybridized carbons (Fsp3) is 0.471. The molecule has 2 rings (SSSR count). The number of carbonyl (C=O) groups excluding carboxylic acids is 2. The van der Waals surface area contributed by atoms with Crippen LogP contribution in [0.15, 0.2) is 24.5 Å². The first-order chi connectivity index (χ1) is 11.5. The van der Waals surface area contributed by atoms with Crippen LogP contribution in [-0.2, 0) is 4.74 Å². The van der Waals surface area contributed by atoms with Crippen molar-refractivity contribution in [1.29, 1.82) is 0 Å². The molecule has 24 heavy (non-hydrogen) atoms. The van der Waals surface area contributed by atoms with Crippen LogP contribution in [0.4, 0.5) is 0 Å². The van der Waals surface area contributed by atoms with Crippen LogP contribution in [0.1, 0.15) is 48.0 Å². The van der Waals surface area contributed by atoms with Gasteiger partial charge in [0.1, 0.15) is 5.65 Å². The number of pyridine rings is 1. The van der Waals surface area contributed by atoms with Gasteiger partial charge < -0.3 is 15.2 Å². The summed E-state index contributed by atoms with van der Waals surface area (Å²) in [5.74, 6) is -0.475. The molecule has 0 aliphatic rings. The highest BCUT2D eigenvalue weighted by Gasteiger charge is 2.20. The zero-order valence-electron chi connectivity index (χ0n) is 14.2. The van der Waals surface area contributed by atoms with E-state index in [9.17, 15) is 14.7 Å². The number of aliphatic hydroxyl groups is 1. The largest absolute Gasteiger partial charge is 0.461 e. The quantitative estimate of drug-likeness (QED) is 0.752. The smallest absolute Gasteiger partial charge is 0.356 e. The molecule has 0 aromatic carbocycles. The van der Waals surface area contributed by atoms with Gasteiger partial charge in [-0.05, 0) is 31.4 Å². The van der Waals surface area contributed by atoms with Gasteiger partial charge in [-0.3, -0.25) is 9.20 Å². The second kappa shape index (κ2) is 7.92. The molecule has 130 valence electrons. The molecule has 0 bridgehead atoms. The fourth-order valence-electron chi connectivity index (χ4n) is 2.56. The van der Waals surface area contributed by atoms with E-state index in [1.807, 2.05) is 13.8 Å². The molecule has 0 unspecified atom stereocenters. The first-order valence-electron chi connectivity index (χ1n) is 8.02. The molecule has 0 saturated heterocycles. The summed E-state index contributed by atoms with van der Waals surface area (Å²) in [5, 5.41) is 12.2. The van der Waals surface area contributed by atoms with E-state index in [-0.39, 0.29) is 30.9 Å². The van der Waals surface area contributed by atoms with Crippen LogP contribution in [0, 0.1) is 5.92 Å². The Bertz CT molecular complexity index is 724. The number of fused-ring (bicyclic) bond motifs is 1. The molecule has 2 aromatic heterocycles. The summed E-state index contributed by atoms with van der Waals surface area (Å²) in [4.78, 5) is 28.6. The number of aromatic nitrogens is 2. The average Bonchev–Trinajstić information content (AvgIpc) is 2.97. The second-order valence-electron chi connectivity index (χ2n) is 5.96. The van der Waals surface area contributed by atoms with E-state index in [1.54, 1.807) is 25.3 Å². The minimum absolute atomic E-state index is 0.129. The predicted molar refractivity (Wildman–Crippen MR) is 88.9 cm³/mol. The van der Waals surface area contributed by atoms with Gasteiger partial charge in [0.05, 0.1) is 31.0 Å². The molecule has 0 radical (unpaired) electrons. The van der Waals surface area contributed by atoms with Crippen molar-refractivity contribution in [2.24, 2.45) is 5.92 Å². The molecular formula is C17H23N3O4. The molecule has 7 heteroatoms. The molecular weight excluding hydrogens is 310 g/mol. The Hall–Kier alpha value is -2.41. The Morgan fingerprint density at radius 3 is 2.79 bits per heavy atom. The molecule has 1 atom stereocenters. The van der Waals surface area contributed by atoms with Gasteiger partial charge in [-0.15, -0.1) is 0 Å². The standard InChI is InChI=1S/C17H23N3O4/c1-4-24-17(23)14-9-18-15-13(6-5-7-20(14)15)16(22)19-12(10-21)8-11(2)3/h5-7,9,11-12,21H,4,8,10H2,1-3H3,(H,19,22)/t12-/m0/s1. The van der Waals surface area contributed by atoms with Crippen LogP contribution < -0.4 is 5.32 Å². The van der Waals surface area contributed by atoms with Gasteiger partial charge >= 0.3 is 5.97 Å². The van der Waals surface area contributed by atoms with Crippen LogP contribution >= 0.6 is 0 Å². The maximum Gasteiger partial charge on any atom is 0.356 e. The van der Waals surface area contributed by atoms with Crippen molar-refractivity contribution in [3.05, 3.63) is 35.8 Å². The summed E-state index contributed by atoms with van der Waals surface area (Å²) in [6, 6.07) is 2.98. The van der Waals surface area contributed by atoms with Gasteiger partial charge in [0.25, 0.3) is 5.91 Å². The van der Waals surface area contributed by atoms with Crippen molar-refractivity contribution in [2.75, 3.05) is 13.2 Å². The summed E-state index contributed by atoms with van der Waals surface area (Å²) in [6.07, 6.45) is 3.72. The van der Waals surface area contributed by atoms with E-state index < -0.39 is 5.97 Å². The van der Waals surface area contributed by atoms with Gasteiger partial charge in [-0.2, -0.15) is 0 Å². The number of hydrogen-bond acceptors (Lipinski definition) is 5. The van der Waals surface area contributed by atoms with Gasteiger partial charge in [0.15, 0.2) is 5.69 Å². The molecule has 0 fully saturated rings. The highest BCUT2D eigenvalue weighted by atomic mass is 16.5. The number of aliphatic hydroxyl groups excluding tert-OH is 1. The molecule has 2 aromatic rings. The molecule has 2 N–H and O–H groups in total.